The molecule has 8 heteroatoms. The highest BCUT2D eigenvalue weighted by Crippen LogP contribution is 2.32. The van der Waals surface area contributed by atoms with Crippen LogP contribution in [0.4, 0.5) is 5.69 Å². The number of rotatable bonds is 3. The molecule has 0 unspecified atom stereocenters. The molecule has 1 fully saturated rings. The van der Waals surface area contributed by atoms with Crippen molar-refractivity contribution in [3.8, 4) is 0 Å². The van der Waals surface area contributed by atoms with Gasteiger partial charge < -0.3 is 4.90 Å². The van der Waals surface area contributed by atoms with Crippen LogP contribution in [-0.4, -0.2) is 32.8 Å². The Kier molecular flexibility index (Phi) is 5.50. The van der Waals surface area contributed by atoms with Gasteiger partial charge in [0.1, 0.15) is 18.4 Å². The second-order valence-electron chi connectivity index (χ2n) is 6.55. The summed E-state index contributed by atoms with van der Waals surface area (Å²) in [6.07, 6.45) is 4.04. The van der Waals surface area contributed by atoms with Crippen molar-refractivity contribution in [2.24, 2.45) is 0 Å². The number of thioether (sulfide) groups is 1. The Morgan fingerprint density at radius 1 is 0.966 bits per heavy atom. The van der Waals surface area contributed by atoms with Gasteiger partial charge in [-0.15, -0.1) is 11.3 Å². The fourth-order valence-electron chi connectivity index (χ4n) is 3.63. The van der Waals surface area contributed by atoms with Gasteiger partial charge in [-0.1, -0.05) is 48.3 Å². The van der Waals surface area contributed by atoms with E-state index >= 15 is 0 Å². The average molecular weight is 444 g/mol. The molecular weight excluding hydrogens is 422 g/mol. The highest BCUT2D eigenvalue weighted by molar-refractivity contribution is 8.30. The minimum atomic E-state index is -0.112. The number of para-hydroxylation sites is 1. The molecule has 2 aromatic rings. The second-order valence-corrected chi connectivity index (χ2v) is 9.20. The topological polar surface area (TPSA) is 45.6 Å². The molecule has 0 aliphatic carbocycles. The van der Waals surface area contributed by atoms with Gasteiger partial charge in [0.05, 0.1) is 5.70 Å². The smallest absolute Gasteiger partial charge is 0.271 e. The van der Waals surface area contributed by atoms with Crippen molar-refractivity contribution in [1.82, 2.24) is 9.47 Å². The maximum Gasteiger partial charge on any atom is 0.271 e. The molecule has 4 rings (SSSR count). The molecule has 1 aromatic heterocycles. The number of fused-ring (bicyclic) bond motifs is 1. The van der Waals surface area contributed by atoms with Crippen LogP contribution in [0.25, 0.3) is 16.7 Å². The molecule has 0 radical (unpaired) electrons. The molecule has 0 saturated carbocycles. The summed E-state index contributed by atoms with van der Waals surface area (Å²) in [5.41, 5.74) is 3.03. The van der Waals surface area contributed by atoms with E-state index in [4.69, 9.17) is 12.2 Å². The number of thiazole rings is 1. The number of carbonyl (C=O) groups is 1. The van der Waals surface area contributed by atoms with Gasteiger partial charge in [-0.05, 0) is 38.5 Å². The summed E-state index contributed by atoms with van der Waals surface area (Å²) in [4.78, 5) is 30.4. The maximum atomic E-state index is 13.3. The van der Waals surface area contributed by atoms with Gasteiger partial charge in [0, 0.05) is 25.3 Å². The van der Waals surface area contributed by atoms with E-state index in [1.807, 2.05) is 38.1 Å². The van der Waals surface area contributed by atoms with Crippen molar-refractivity contribution in [2.45, 2.75) is 27.3 Å². The SMILES string of the molecule is CCN1C(=O)/C(=c2\sc(=C3C=Cc4ccccc4N3CC)c(=O)n2CC)SC1=S. The van der Waals surface area contributed by atoms with Crippen LogP contribution in [0.1, 0.15) is 26.3 Å². The van der Waals surface area contributed by atoms with E-state index in [1.165, 1.54) is 23.1 Å². The largest absolute Gasteiger partial charge is 0.340 e. The van der Waals surface area contributed by atoms with Crippen molar-refractivity contribution in [1.29, 1.82) is 0 Å². The standard InChI is InChI=1S/C21H21N3O2S3/c1-4-22-14-10-8-7-9-13(14)11-12-15(22)16-18(25)23(5-2)20(28-16)17-19(26)24(6-3)21(27)29-17/h7-12H,4-6H2,1-3H3/b16-15?,20-17+. The number of aromatic nitrogens is 1. The van der Waals surface area contributed by atoms with Crippen LogP contribution in [0.5, 0.6) is 0 Å². The molecule has 1 amide bonds. The van der Waals surface area contributed by atoms with Crippen LogP contribution in [0, 0.1) is 0 Å². The van der Waals surface area contributed by atoms with Gasteiger partial charge in [-0.25, -0.2) is 0 Å². The fraction of sp³-hybridized carbons (Fsp3) is 0.286. The van der Waals surface area contributed by atoms with E-state index in [1.54, 1.807) is 9.47 Å². The van der Waals surface area contributed by atoms with Gasteiger partial charge in [0.15, 0.2) is 0 Å². The number of likely N-dealkylation sites (N-methyl/N-ethyl adjacent to an activating group) is 1. The van der Waals surface area contributed by atoms with E-state index in [2.05, 4.69) is 24.0 Å². The zero-order chi connectivity index (χ0) is 20.7. The third-order valence-corrected chi connectivity index (χ3v) is 7.82. The zero-order valence-corrected chi connectivity index (χ0v) is 18.9. The molecule has 2 aliphatic heterocycles. The minimum absolute atomic E-state index is 0.0632. The highest BCUT2D eigenvalue weighted by Gasteiger charge is 2.33. The Balaban J connectivity index is 2.01. The first kappa shape index (κ1) is 20.1. The maximum absolute atomic E-state index is 13.3. The van der Waals surface area contributed by atoms with Crippen molar-refractivity contribution in [2.75, 3.05) is 18.0 Å². The van der Waals surface area contributed by atoms with Crippen LogP contribution in [0.15, 0.2) is 35.1 Å². The summed E-state index contributed by atoms with van der Waals surface area (Å²) in [6.45, 7) is 7.68. The Hall–Kier alpha value is -2.16. The monoisotopic (exact) mass is 443 g/mol. The number of benzene rings is 1. The molecule has 5 nitrogen and oxygen atoms in total. The van der Waals surface area contributed by atoms with E-state index in [0.29, 0.717) is 31.5 Å². The molecule has 1 aromatic carbocycles. The van der Waals surface area contributed by atoms with Crippen molar-refractivity contribution in [3.05, 3.63) is 55.5 Å². The molecule has 1 saturated heterocycles. The number of thiocarbonyl (C=S) groups is 1. The lowest BCUT2D eigenvalue weighted by Crippen LogP contribution is -2.36. The lowest BCUT2D eigenvalue weighted by molar-refractivity contribution is -0.120. The van der Waals surface area contributed by atoms with Crippen LogP contribution in [-0.2, 0) is 11.3 Å². The molecular formula is C21H21N3O2S3. The quantitative estimate of drug-likeness (QED) is 0.683. The van der Waals surface area contributed by atoms with Crippen molar-refractivity contribution in [3.63, 3.8) is 0 Å². The summed E-state index contributed by atoms with van der Waals surface area (Å²) >= 11 is 8.03. The minimum Gasteiger partial charge on any atom is -0.340 e. The Morgan fingerprint density at radius 2 is 1.69 bits per heavy atom. The lowest BCUT2D eigenvalue weighted by Gasteiger charge is -2.28. The number of carbonyl (C=O) groups excluding carboxylic acids is 1. The normalized spacial score (nSPS) is 20.0. The number of hydrogen-bond acceptors (Lipinski definition) is 6. The first-order valence-electron chi connectivity index (χ1n) is 9.58. The third-order valence-electron chi connectivity index (χ3n) is 5.05. The van der Waals surface area contributed by atoms with Gasteiger partial charge in [0.25, 0.3) is 11.5 Å². The van der Waals surface area contributed by atoms with Crippen LogP contribution < -0.4 is 19.7 Å². The Morgan fingerprint density at radius 3 is 2.34 bits per heavy atom. The van der Waals surface area contributed by atoms with Gasteiger partial charge in [-0.3, -0.25) is 19.1 Å². The zero-order valence-electron chi connectivity index (χ0n) is 16.5. The summed E-state index contributed by atoms with van der Waals surface area (Å²) in [6, 6.07) is 8.15. The second kappa shape index (κ2) is 7.93. The Bertz CT molecular complexity index is 1220. The van der Waals surface area contributed by atoms with Gasteiger partial charge in [-0.2, -0.15) is 0 Å². The molecule has 2 aliphatic rings. The van der Waals surface area contributed by atoms with Gasteiger partial charge >= 0.3 is 0 Å². The van der Waals surface area contributed by atoms with E-state index < -0.39 is 0 Å². The number of nitrogens with zero attached hydrogens (tertiary/aromatic N) is 3. The summed E-state index contributed by atoms with van der Waals surface area (Å²) in [5, 5.41) is 0. The van der Waals surface area contributed by atoms with E-state index in [-0.39, 0.29) is 11.5 Å². The fourth-order valence-corrected chi connectivity index (χ4v) is 6.41. The number of hydrogen-bond donors (Lipinski definition) is 0. The summed E-state index contributed by atoms with van der Waals surface area (Å²) in [5.74, 6) is -0.112. The third kappa shape index (κ3) is 3.19. The van der Waals surface area contributed by atoms with E-state index in [9.17, 15) is 9.59 Å². The highest BCUT2D eigenvalue weighted by atomic mass is 32.2. The summed E-state index contributed by atoms with van der Waals surface area (Å²) in [7, 11) is 0. The lowest BCUT2D eigenvalue weighted by atomic mass is 10.1. The molecule has 0 atom stereocenters. The Labute approximate surface area is 182 Å². The van der Waals surface area contributed by atoms with Crippen LogP contribution in [0.3, 0.4) is 0 Å². The number of anilines is 1. The van der Waals surface area contributed by atoms with Crippen molar-refractivity contribution >= 4 is 67.9 Å². The molecule has 150 valence electrons. The molecule has 29 heavy (non-hydrogen) atoms. The molecule has 0 bridgehead atoms. The first-order valence-corrected chi connectivity index (χ1v) is 11.6. The van der Waals surface area contributed by atoms with E-state index in [0.717, 1.165) is 23.5 Å². The molecule has 3 heterocycles. The average Bonchev–Trinajstić information content (AvgIpc) is 3.21. The molecule has 0 N–H and O–H groups in total. The summed E-state index contributed by atoms with van der Waals surface area (Å²) < 4.78 is 3.58. The predicted octanol–water partition coefficient (Wildman–Crippen LogP) is 2.58. The predicted molar refractivity (Wildman–Crippen MR) is 126 cm³/mol. The van der Waals surface area contributed by atoms with Crippen LogP contribution >= 0.6 is 35.3 Å². The van der Waals surface area contributed by atoms with Crippen LogP contribution in [0.2, 0.25) is 0 Å². The van der Waals surface area contributed by atoms with Crippen molar-refractivity contribution < 1.29 is 4.79 Å². The molecule has 0 spiro atoms. The number of amides is 1. The first-order chi connectivity index (χ1) is 14.0. The van der Waals surface area contributed by atoms with Gasteiger partial charge in [0.2, 0.25) is 0 Å².